The van der Waals surface area contributed by atoms with Crippen molar-refractivity contribution in [3.8, 4) is 0 Å². The van der Waals surface area contributed by atoms with Gasteiger partial charge < -0.3 is 14.6 Å². The van der Waals surface area contributed by atoms with Crippen molar-refractivity contribution in [2.45, 2.75) is 64.4 Å². The number of nitrogens with one attached hydrogen (secondary N) is 1. The minimum Gasteiger partial charge on any atom is -0.369 e. The Morgan fingerprint density at radius 2 is 2.30 bits per heavy atom. The Balaban J connectivity index is 1.60. The van der Waals surface area contributed by atoms with Crippen LogP contribution in [-0.2, 0) is 17.8 Å². The van der Waals surface area contributed by atoms with Gasteiger partial charge in [0.05, 0.1) is 0 Å². The summed E-state index contributed by atoms with van der Waals surface area (Å²) in [5.41, 5.74) is 0. The van der Waals surface area contributed by atoms with Crippen molar-refractivity contribution in [3.63, 3.8) is 0 Å². The van der Waals surface area contributed by atoms with E-state index in [1.54, 1.807) is 0 Å². The molecule has 126 valence electrons. The van der Waals surface area contributed by atoms with Crippen molar-refractivity contribution in [2.75, 3.05) is 6.61 Å². The lowest BCUT2D eigenvalue weighted by molar-refractivity contribution is -0.0206. The average molecular weight is 317 g/mol. The van der Waals surface area contributed by atoms with Gasteiger partial charge in [-0.2, -0.15) is 5.10 Å². The molecule has 3 atom stereocenters. The van der Waals surface area contributed by atoms with Crippen LogP contribution in [-0.4, -0.2) is 38.0 Å². The van der Waals surface area contributed by atoms with Gasteiger partial charge in [-0.1, -0.05) is 0 Å². The molecule has 3 heterocycles. The minimum absolute atomic E-state index is 0.0471. The monoisotopic (exact) mass is 317 g/mol. The largest absolute Gasteiger partial charge is 0.369 e. The number of aromatic nitrogens is 4. The Labute approximate surface area is 137 Å². The molecule has 2 aromatic heterocycles. The third-order valence-electron chi connectivity index (χ3n) is 4.51. The maximum Gasteiger partial charge on any atom is 0.139 e. The number of rotatable bonds is 7. The number of hydrogen-bond acceptors (Lipinski definition) is 4. The molecule has 1 N–H and O–H groups in total. The zero-order chi connectivity index (χ0) is 16.1. The van der Waals surface area contributed by atoms with Crippen LogP contribution in [0.5, 0.6) is 0 Å². The Morgan fingerprint density at radius 3 is 3.09 bits per heavy atom. The highest BCUT2D eigenvalue weighted by molar-refractivity contribution is 5.02. The minimum atomic E-state index is 0.0471. The van der Waals surface area contributed by atoms with Gasteiger partial charge in [0.2, 0.25) is 0 Å². The zero-order valence-corrected chi connectivity index (χ0v) is 14.1. The predicted octanol–water partition coefficient (Wildman–Crippen LogP) is 2.39. The van der Waals surface area contributed by atoms with E-state index in [2.05, 4.69) is 33.8 Å². The van der Waals surface area contributed by atoms with Crippen LogP contribution in [0.15, 0.2) is 30.9 Å². The van der Waals surface area contributed by atoms with E-state index in [4.69, 9.17) is 4.74 Å². The predicted molar refractivity (Wildman–Crippen MR) is 89.1 cm³/mol. The number of hydrogen-bond donors (Lipinski definition) is 1. The van der Waals surface area contributed by atoms with E-state index < -0.39 is 0 Å². The van der Waals surface area contributed by atoms with Crippen LogP contribution in [0.2, 0.25) is 0 Å². The number of nitrogens with zero attached hydrogens (tertiary/aromatic N) is 4. The molecule has 6 heteroatoms. The van der Waals surface area contributed by atoms with E-state index >= 15 is 0 Å². The van der Waals surface area contributed by atoms with Crippen molar-refractivity contribution in [1.29, 1.82) is 0 Å². The second-order valence-electron chi connectivity index (χ2n) is 6.24. The molecule has 0 saturated carbocycles. The summed E-state index contributed by atoms with van der Waals surface area (Å²) in [5.74, 6) is 1.05. The van der Waals surface area contributed by atoms with Gasteiger partial charge in [-0.25, -0.2) is 4.98 Å². The summed E-state index contributed by atoms with van der Waals surface area (Å²) in [6.07, 6.45) is 11.1. The molecule has 0 aliphatic carbocycles. The summed E-state index contributed by atoms with van der Waals surface area (Å²) >= 11 is 0. The van der Waals surface area contributed by atoms with Crippen LogP contribution in [0.3, 0.4) is 0 Å². The molecular formula is C17H27N5O. The number of ether oxygens (including phenoxy) is 1. The van der Waals surface area contributed by atoms with Crippen LogP contribution in [0.25, 0.3) is 0 Å². The van der Waals surface area contributed by atoms with Crippen LogP contribution < -0.4 is 5.32 Å². The standard InChI is InChI=1S/C17H27N5O/c1-3-21-12-9-18-17(21)16-15(6-4-13-23-16)20-14(2)7-11-22-10-5-8-19-22/h5,8-10,12,14-16,20H,3-4,6-7,11,13H2,1-2H3/t14-,15-,16-/m0/s1. The Hall–Kier alpha value is -1.66. The highest BCUT2D eigenvalue weighted by Crippen LogP contribution is 2.28. The van der Waals surface area contributed by atoms with Crippen molar-refractivity contribution in [1.82, 2.24) is 24.6 Å². The van der Waals surface area contributed by atoms with Gasteiger partial charge in [0.15, 0.2) is 0 Å². The normalized spacial score (nSPS) is 23.0. The van der Waals surface area contributed by atoms with Gasteiger partial charge in [0.25, 0.3) is 0 Å². The summed E-state index contributed by atoms with van der Waals surface area (Å²) in [4.78, 5) is 4.54. The maximum absolute atomic E-state index is 6.07. The lowest BCUT2D eigenvalue weighted by atomic mass is 10.00. The quantitative estimate of drug-likeness (QED) is 0.852. The fourth-order valence-electron chi connectivity index (χ4n) is 3.26. The zero-order valence-electron chi connectivity index (χ0n) is 14.1. The first kappa shape index (κ1) is 16.2. The molecule has 0 aromatic carbocycles. The molecule has 0 amide bonds. The molecule has 0 unspecified atom stereocenters. The molecule has 6 nitrogen and oxygen atoms in total. The smallest absolute Gasteiger partial charge is 0.139 e. The third-order valence-corrected chi connectivity index (χ3v) is 4.51. The highest BCUT2D eigenvalue weighted by atomic mass is 16.5. The average Bonchev–Trinajstić information content (AvgIpc) is 3.24. The molecular weight excluding hydrogens is 290 g/mol. The van der Waals surface area contributed by atoms with E-state index in [1.165, 1.54) is 0 Å². The summed E-state index contributed by atoms with van der Waals surface area (Å²) in [5, 5.41) is 8.02. The fraction of sp³-hybridized carbons (Fsp3) is 0.647. The second kappa shape index (κ2) is 7.75. The fourth-order valence-corrected chi connectivity index (χ4v) is 3.26. The molecule has 0 radical (unpaired) electrons. The molecule has 1 aliphatic rings. The van der Waals surface area contributed by atoms with E-state index in [1.807, 2.05) is 35.5 Å². The van der Waals surface area contributed by atoms with Crippen molar-refractivity contribution >= 4 is 0 Å². The summed E-state index contributed by atoms with van der Waals surface area (Å²) in [6.45, 7) is 7.06. The Morgan fingerprint density at radius 1 is 1.39 bits per heavy atom. The van der Waals surface area contributed by atoms with Gasteiger partial charge in [0.1, 0.15) is 11.9 Å². The third kappa shape index (κ3) is 4.00. The lowest BCUT2D eigenvalue weighted by Crippen LogP contribution is -2.45. The molecule has 1 saturated heterocycles. The molecule has 23 heavy (non-hydrogen) atoms. The van der Waals surface area contributed by atoms with Crippen molar-refractivity contribution in [3.05, 3.63) is 36.7 Å². The van der Waals surface area contributed by atoms with Crippen LogP contribution in [0.4, 0.5) is 0 Å². The van der Waals surface area contributed by atoms with E-state index in [0.717, 1.165) is 44.8 Å². The first-order chi connectivity index (χ1) is 11.3. The Kier molecular flexibility index (Phi) is 5.46. The van der Waals surface area contributed by atoms with Gasteiger partial charge in [-0.15, -0.1) is 0 Å². The molecule has 1 aliphatic heterocycles. The second-order valence-corrected chi connectivity index (χ2v) is 6.24. The first-order valence-corrected chi connectivity index (χ1v) is 8.64. The number of imidazole rings is 1. The van der Waals surface area contributed by atoms with E-state index in [9.17, 15) is 0 Å². The maximum atomic E-state index is 6.07. The van der Waals surface area contributed by atoms with Crippen LogP contribution >= 0.6 is 0 Å². The number of aryl methyl sites for hydroxylation is 2. The molecule has 1 fully saturated rings. The SMILES string of the molecule is CCn1ccnc1[C@H]1OCCC[C@@H]1N[C@@H](C)CCn1cccn1. The highest BCUT2D eigenvalue weighted by Gasteiger charge is 2.31. The van der Waals surface area contributed by atoms with Gasteiger partial charge in [-0.05, 0) is 39.2 Å². The van der Waals surface area contributed by atoms with E-state index in [0.29, 0.717) is 12.1 Å². The van der Waals surface area contributed by atoms with Gasteiger partial charge in [0, 0.05) is 56.6 Å². The lowest BCUT2D eigenvalue weighted by Gasteiger charge is -2.34. The summed E-state index contributed by atoms with van der Waals surface area (Å²) in [7, 11) is 0. The van der Waals surface area contributed by atoms with Crippen molar-refractivity contribution < 1.29 is 4.74 Å². The van der Waals surface area contributed by atoms with Gasteiger partial charge >= 0.3 is 0 Å². The molecule has 0 spiro atoms. The van der Waals surface area contributed by atoms with Gasteiger partial charge in [-0.3, -0.25) is 4.68 Å². The molecule has 2 aromatic rings. The van der Waals surface area contributed by atoms with Crippen molar-refractivity contribution in [2.24, 2.45) is 0 Å². The molecule has 3 rings (SSSR count). The van der Waals surface area contributed by atoms with E-state index in [-0.39, 0.29) is 6.10 Å². The van der Waals surface area contributed by atoms with Crippen LogP contribution in [0, 0.1) is 0 Å². The molecule has 0 bridgehead atoms. The summed E-state index contributed by atoms with van der Waals surface area (Å²) in [6, 6.07) is 2.70. The topological polar surface area (TPSA) is 56.9 Å². The summed E-state index contributed by atoms with van der Waals surface area (Å²) < 4.78 is 10.2. The van der Waals surface area contributed by atoms with Crippen LogP contribution in [0.1, 0.15) is 45.0 Å². The first-order valence-electron chi connectivity index (χ1n) is 8.64. The Bertz CT molecular complexity index is 580.